The number of hydrogen-bond acceptors (Lipinski definition) is 3. The molecule has 128 valence electrons. The van der Waals surface area contributed by atoms with Crippen LogP contribution in [0.25, 0.3) is 5.69 Å². The van der Waals surface area contributed by atoms with Gasteiger partial charge in [0.25, 0.3) is 5.91 Å². The maximum absolute atomic E-state index is 12.7. The number of rotatable bonds is 5. The van der Waals surface area contributed by atoms with Crippen LogP contribution in [0.3, 0.4) is 0 Å². The molecule has 0 aliphatic rings. The van der Waals surface area contributed by atoms with Gasteiger partial charge in [-0.15, -0.1) is 11.8 Å². The van der Waals surface area contributed by atoms with Gasteiger partial charge >= 0.3 is 0 Å². The molecular weight excluding hydrogens is 330 g/mol. The molecule has 25 heavy (non-hydrogen) atoms. The zero-order chi connectivity index (χ0) is 17.8. The van der Waals surface area contributed by atoms with Gasteiger partial charge in [-0.1, -0.05) is 30.7 Å². The summed E-state index contributed by atoms with van der Waals surface area (Å²) in [5.74, 6) is -0.131. The van der Waals surface area contributed by atoms with E-state index in [9.17, 15) is 4.79 Å². The lowest BCUT2D eigenvalue weighted by molar-refractivity contribution is 0.102. The summed E-state index contributed by atoms with van der Waals surface area (Å²) in [6.45, 7) is 4.09. The number of nitrogens with one attached hydrogen (secondary N) is 1. The molecule has 0 radical (unpaired) electrons. The average Bonchev–Trinajstić information content (AvgIpc) is 3.06. The van der Waals surface area contributed by atoms with Crippen LogP contribution in [-0.4, -0.2) is 21.9 Å². The van der Waals surface area contributed by atoms with Gasteiger partial charge < -0.3 is 5.32 Å². The molecule has 0 unspecified atom stereocenters. The van der Waals surface area contributed by atoms with Crippen LogP contribution >= 0.6 is 11.8 Å². The van der Waals surface area contributed by atoms with Gasteiger partial charge in [-0.2, -0.15) is 5.10 Å². The number of amides is 1. The summed E-state index contributed by atoms with van der Waals surface area (Å²) in [7, 11) is 0. The van der Waals surface area contributed by atoms with Crippen LogP contribution in [0.2, 0.25) is 0 Å². The van der Waals surface area contributed by atoms with Crippen molar-refractivity contribution in [3.63, 3.8) is 0 Å². The maximum atomic E-state index is 12.7. The molecule has 0 bridgehead atoms. The van der Waals surface area contributed by atoms with E-state index in [2.05, 4.69) is 17.3 Å². The highest BCUT2D eigenvalue weighted by Gasteiger charge is 2.17. The van der Waals surface area contributed by atoms with Crippen molar-refractivity contribution in [3.05, 3.63) is 71.5 Å². The van der Waals surface area contributed by atoms with E-state index in [1.165, 1.54) is 5.56 Å². The van der Waals surface area contributed by atoms with E-state index < -0.39 is 0 Å². The number of aryl methyl sites for hydroxylation is 1. The molecule has 3 aromatic rings. The van der Waals surface area contributed by atoms with Crippen LogP contribution in [0.1, 0.15) is 28.5 Å². The largest absolute Gasteiger partial charge is 0.322 e. The SMILES string of the molecule is CCc1c(C(=O)Nc2cccc(SC)c2)cnn1-c1ccc(C)cc1. The average molecular weight is 351 g/mol. The summed E-state index contributed by atoms with van der Waals surface area (Å²) in [5.41, 5.74) is 4.47. The van der Waals surface area contributed by atoms with E-state index >= 15 is 0 Å². The first kappa shape index (κ1) is 17.3. The van der Waals surface area contributed by atoms with Crippen molar-refractivity contribution in [2.24, 2.45) is 0 Å². The minimum Gasteiger partial charge on any atom is -0.322 e. The van der Waals surface area contributed by atoms with Crippen LogP contribution in [0.4, 0.5) is 5.69 Å². The molecule has 4 nitrogen and oxygen atoms in total. The van der Waals surface area contributed by atoms with Crippen molar-refractivity contribution in [2.45, 2.75) is 25.2 Å². The van der Waals surface area contributed by atoms with Crippen LogP contribution in [0.5, 0.6) is 0 Å². The highest BCUT2D eigenvalue weighted by atomic mass is 32.2. The Morgan fingerprint density at radius 1 is 1.20 bits per heavy atom. The van der Waals surface area contributed by atoms with E-state index in [1.54, 1.807) is 18.0 Å². The number of carbonyl (C=O) groups excluding carboxylic acids is 1. The molecule has 1 heterocycles. The van der Waals surface area contributed by atoms with E-state index in [1.807, 2.05) is 66.4 Å². The normalized spacial score (nSPS) is 10.7. The molecule has 5 heteroatoms. The zero-order valence-corrected chi connectivity index (χ0v) is 15.4. The molecule has 1 N–H and O–H groups in total. The topological polar surface area (TPSA) is 46.9 Å². The predicted molar refractivity (Wildman–Crippen MR) is 104 cm³/mol. The second-order valence-electron chi connectivity index (χ2n) is 5.79. The van der Waals surface area contributed by atoms with Gasteiger partial charge in [-0.05, 0) is 49.9 Å². The highest BCUT2D eigenvalue weighted by molar-refractivity contribution is 7.98. The first-order valence-corrected chi connectivity index (χ1v) is 9.44. The van der Waals surface area contributed by atoms with Crippen LogP contribution in [-0.2, 0) is 6.42 Å². The van der Waals surface area contributed by atoms with Crippen LogP contribution in [0.15, 0.2) is 59.6 Å². The van der Waals surface area contributed by atoms with Crippen molar-refractivity contribution in [1.29, 1.82) is 0 Å². The second-order valence-corrected chi connectivity index (χ2v) is 6.67. The fourth-order valence-electron chi connectivity index (χ4n) is 2.71. The summed E-state index contributed by atoms with van der Waals surface area (Å²) in [6.07, 6.45) is 4.38. The lowest BCUT2D eigenvalue weighted by Gasteiger charge is -2.09. The lowest BCUT2D eigenvalue weighted by atomic mass is 10.1. The van der Waals surface area contributed by atoms with Crippen LogP contribution < -0.4 is 5.32 Å². The summed E-state index contributed by atoms with van der Waals surface area (Å²) in [5, 5.41) is 7.41. The smallest absolute Gasteiger partial charge is 0.259 e. The molecule has 0 spiro atoms. The van der Waals surface area contributed by atoms with Gasteiger partial charge in [0.2, 0.25) is 0 Å². The minimum atomic E-state index is -0.131. The molecule has 0 saturated carbocycles. The molecule has 1 aromatic heterocycles. The molecule has 0 aliphatic carbocycles. The first-order valence-electron chi connectivity index (χ1n) is 8.21. The first-order chi connectivity index (χ1) is 12.1. The molecular formula is C20H21N3OS. The van der Waals surface area contributed by atoms with Crippen molar-refractivity contribution in [1.82, 2.24) is 9.78 Å². The third-order valence-corrected chi connectivity index (χ3v) is 4.78. The Balaban J connectivity index is 1.89. The zero-order valence-electron chi connectivity index (χ0n) is 14.6. The molecule has 0 fully saturated rings. The van der Waals surface area contributed by atoms with E-state index in [0.717, 1.165) is 28.4 Å². The number of anilines is 1. The van der Waals surface area contributed by atoms with Gasteiger partial charge in [0.15, 0.2) is 0 Å². The van der Waals surface area contributed by atoms with E-state index in [0.29, 0.717) is 5.56 Å². The molecule has 1 amide bonds. The third-order valence-electron chi connectivity index (χ3n) is 4.05. The lowest BCUT2D eigenvalue weighted by Crippen LogP contribution is -2.14. The van der Waals surface area contributed by atoms with E-state index in [4.69, 9.17) is 0 Å². The summed E-state index contributed by atoms with van der Waals surface area (Å²) in [4.78, 5) is 13.8. The summed E-state index contributed by atoms with van der Waals surface area (Å²) >= 11 is 1.65. The number of nitrogens with zero attached hydrogens (tertiary/aromatic N) is 2. The van der Waals surface area contributed by atoms with Crippen molar-refractivity contribution in [3.8, 4) is 5.69 Å². The molecule has 2 aromatic carbocycles. The Hall–Kier alpha value is -2.53. The van der Waals surface area contributed by atoms with Crippen molar-refractivity contribution >= 4 is 23.4 Å². The second kappa shape index (κ2) is 7.57. The van der Waals surface area contributed by atoms with Gasteiger partial charge in [0, 0.05) is 10.6 Å². The van der Waals surface area contributed by atoms with Gasteiger partial charge in [-0.3, -0.25) is 4.79 Å². The Labute approximate surface area is 152 Å². The fraction of sp³-hybridized carbons (Fsp3) is 0.200. The number of hydrogen-bond donors (Lipinski definition) is 1. The number of thioether (sulfide) groups is 1. The number of aromatic nitrogens is 2. The molecule has 0 saturated heterocycles. The standard InChI is InChI=1S/C20H21N3OS/c1-4-19-18(13-21-23(19)16-10-8-14(2)9-11-16)20(24)22-15-6-5-7-17(12-15)25-3/h5-13H,4H2,1-3H3,(H,22,24). The van der Waals surface area contributed by atoms with Crippen LogP contribution in [0, 0.1) is 6.92 Å². The van der Waals surface area contributed by atoms with Gasteiger partial charge in [0.1, 0.15) is 0 Å². The predicted octanol–water partition coefficient (Wildman–Crippen LogP) is 4.72. The highest BCUT2D eigenvalue weighted by Crippen LogP contribution is 2.21. The van der Waals surface area contributed by atoms with Gasteiger partial charge in [0.05, 0.1) is 23.1 Å². The Morgan fingerprint density at radius 3 is 2.64 bits per heavy atom. The third kappa shape index (κ3) is 3.77. The Kier molecular flexibility index (Phi) is 5.24. The number of benzene rings is 2. The summed E-state index contributed by atoms with van der Waals surface area (Å²) < 4.78 is 1.84. The minimum absolute atomic E-state index is 0.131. The molecule has 0 atom stereocenters. The Bertz CT molecular complexity index is 884. The maximum Gasteiger partial charge on any atom is 0.259 e. The monoisotopic (exact) mass is 351 g/mol. The van der Waals surface area contributed by atoms with Gasteiger partial charge in [-0.25, -0.2) is 4.68 Å². The Morgan fingerprint density at radius 2 is 1.96 bits per heavy atom. The van der Waals surface area contributed by atoms with Crippen molar-refractivity contribution in [2.75, 3.05) is 11.6 Å². The fourth-order valence-corrected chi connectivity index (χ4v) is 3.17. The summed E-state index contributed by atoms with van der Waals surface area (Å²) in [6, 6.07) is 16.0. The van der Waals surface area contributed by atoms with Crippen molar-refractivity contribution < 1.29 is 4.79 Å². The number of carbonyl (C=O) groups is 1. The van der Waals surface area contributed by atoms with E-state index in [-0.39, 0.29) is 5.91 Å². The quantitative estimate of drug-likeness (QED) is 0.677. The molecule has 0 aliphatic heterocycles. The molecule has 3 rings (SSSR count).